The fourth-order valence-corrected chi connectivity index (χ4v) is 2.77. The first-order chi connectivity index (χ1) is 12.8. The van der Waals surface area contributed by atoms with Crippen LogP contribution in [0.2, 0.25) is 0 Å². The third kappa shape index (κ3) is 3.57. The Labute approximate surface area is 154 Å². The molecule has 3 rings (SSSR count). The van der Waals surface area contributed by atoms with E-state index in [0.717, 1.165) is 11.3 Å². The predicted molar refractivity (Wildman–Crippen MR) is 95.1 cm³/mol. The van der Waals surface area contributed by atoms with Crippen LogP contribution in [0.4, 0.5) is 5.69 Å². The van der Waals surface area contributed by atoms with Crippen LogP contribution in [0, 0.1) is 30.9 Å². The van der Waals surface area contributed by atoms with Gasteiger partial charge in [-0.25, -0.2) is 4.68 Å². The topological polar surface area (TPSA) is 126 Å². The van der Waals surface area contributed by atoms with Crippen molar-refractivity contribution in [2.24, 2.45) is 7.05 Å². The maximum absolute atomic E-state index is 12.3. The number of aryl methyl sites for hydroxylation is 2. The molecule has 0 aromatic carbocycles. The SMILES string of the molecule is Cc1nn(Cn2ccc(C(=O)NCc3cnn(C)c3C)n2)c(C)c1[N+](=O)[O-]. The molecule has 11 heteroatoms. The summed E-state index contributed by atoms with van der Waals surface area (Å²) in [7, 11) is 1.84. The average molecular weight is 372 g/mol. The molecule has 0 unspecified atom stereocenters. The fourth-order valence-electron chi connectivity index (χ4n) is 2.77. The lowest BCUT2D eigenvalue weighted by atomic mass is 10.2. The van der Waals surface area contributed by atoms with Gasteiger partial charge in [-0.2, -0.15) is 15.3 Å². The van der Waals surface area contributed by atoms with Crippen molar-refractivity contribution in [1.29, 1.82) is 0 Å². The van der Waals surface area contributed by atoms with E-state index in [9.17, 15) is 14.9 Å². The van der Waals surface area contributed by atoms with E-state index in [1.54, 1.807) is 37.0 Å². The summed E-state index contributed by atoms with van der Waals surface area (Å²) in [6, 6.07) is 1.59. The Bertz CT molecular complexity index is 1010. The first-order valence-electron chi connectivity index (χ1n) is 8.25. The Kier molecular flexibility index (Phi) is 4.75. The first kappa shape index (κ1) is 18.3. The zero-order chi connectivity index (χ0) is 19.7. The number of nitrogens with one attached hydrogen (secondary N) is 1. The maximum atomic E-state index is 12.3. The van der Waals surface area contributed by atoms with E-state index < -0.39 is 4.92 Å². The van der Waals surface area contributed by atoms with Gasteiger partial charge in [-0.3, -0.25) is 24.3 Å². The van der Waals surface area contributed by atoms with Crippen molar-refractivity contribution in [3.8, 4) is 0 Å². The monoisotopic (exact) mass is 372 g/mol. The number of aromatic nitrogens is 6. The summed E-state index contributed by atoms with van der Waals surface area (Å²) in [5, 5.41) is 26.4. The lowest BCUT2D eigenvalue weighted by Crippen LogP contribution is -2.24. The molecular formula is C16H20N8O3. The highest BCUT2D eigenvalue weighted by Crippen LogP contribution is 2.21. The van der Waals surface area contributed by atoms with Crippen LogP contribution in [-0.4, -0.2) is 40.2 Å². The molecule has 11 nitrogen and oxygen atoms in total. The number of rotatable bonds is 6. The number of nitrogens with zero attached hydrogens (tertiary/aromatic N) is 7. The molecule has 0 spiro atoms. The smallest absolute Gasteiger partial charge is 0.312 e. The molecule has 0 aliphatic carbocycles. The van der Waals surface area contributed by atoms with Gasteiger partial charge in [-0.1, -0.05) is 0 Å². The standard InChI is InChI=1S/C16H20N8O3/c1-10-15(24(26)27)12(3)23(19-10)9-22-6-5-14(20-22)16(25)17-7-13-8-18-21(4)11(13)2/h5-6,8H,7,9H2,1-4H3,(H,17,25). The van der Waals surface area contributed by atoms with Gasteiger partial charge < -0.3 is 5.32 Å². The van der Waals surface area contributed by atoms with Crippen LogP contribution in [0.3, 0.4) is 0 Å². The van der Waals surface area contributed by atoms with E-state index in [0.29, 0.717) is 17.9 Å². The minimum atomic E-state index is -0.448. The molecule has 1 N–H and O–H groups in total. The molecule has 3 heterocycles. The van der Waals surface area contributed by atoms with E-state index in [-0.39, 0.29) is 24.0 Å². The number of hydrogen-bond donors (Lipinski definition) is 1. The van der Waals surface area contributed by atoms with Gasteiger partial charge >= 0.3 is 5.69 Å². The van der Waals surface area contributed by atoms with Gasteiger partial charge in [0, 0.05) is 31.0 Å². The number of hydrogen-bond acceptors (Lipinski definition) is 6. The van der Waals surface area contributed by atoms with Crippen molar-refractivity contribution in [2.75, 3.05) is 0 Å². The number of carbonyl (C=O) groups excluding carboxylic acids is 1. The quantitative estimate of drug-likeness (QED) is 0.510. The molecule has 3 aromatic heterocycles. The molecule has 3 aromatic rings. The van der Waals surface area contributed by atoms with Crippen molar-refractivity contribution < 1.29 is 9.72 Å². The summed E-state index contributed by atoms with van der Waals surface area (Å²) >= 11 is 0. The highest BCUT2D eigenvalue weighted by atomic mass is 16.6. The normalized spacial score (nSPS) is 11.0. The molecule has 0 bridgehead atoms. The number of amides is 1. The van der Waals surface area contributed by atoms with E-state index in [1.165, 1.54) is 9.36 Å². The van der Waals surface area contributed by atoms with Gasteiger partial charge in [0.25, 0.3) is 5.91 Å². The van der Waals surface area contributed by atoms with Gasteiger partial charge in [0.05, 0.1) is 11.1 Å². The zero-order valence-corrected chi connectivity index (χ0v) is 15.5. The Morgan fingerprint density at radius 1 is 1.26 bits per heavy atom. The summed E-state index contributed by atoms with van der Waals surface area (Å²) in [6.07, 6.45) is 3.34. The average Bonchev–Trinajstić information content (AvgIpc) is 3.27. The summed E-state index contributed by atoms with van der Waals surface area (Å²) in [6.45, 7) is 5.68. The molecule has 142 valence electrons. The highest BCUT2D eigenvalue weighted by Gasteiger charge is 2.22. The second kappa shape index (κ2) is 7.02. The summed E-state index contributed by atoms with van der Waals surface area (Å²) < 4.78 is 4.73. The van der Waals surface area contributed by atoms with Crippen LogP contribution >= 0.6 is 0 Å². The Morgan fingerprint density at radius 3 is 2.59 bits per heavy atom. The molecule has 0 atom stereocenters. The van der Waals surface area contributed by atoms with Gasteiger partial charge in [0.2, 0.25) is 0 Å². The second-order valence-corrected chi connectivity index (χ2v) is 6.22. The van der Waals surface area contributed by atoms with Crippen molar-refractivity contribution in [3.63, 3.8) is 0 Å². The minimum absolute atomic E-state index is 0.00744. The minimum Gasteiger partial charge on any atom is -0.346 e. The van der Waals surface area contributed by atoms with Gasteiger partial charge in [-0.15, -0.1) is 0 Å². The van der Waals surface area contributed by atoms with Crippen LogP contribution in [0.1, 0.15) is 33.1 Å². The van der Waals surface area contributed by atoms with Crippen LogP contribution < -0.4 is 5.32 Å². The van der Waals surface area contributed by atoms with E-state index >= 15 is 0 Å². The third-order valence-corrected chi connectivity index (χ3v) is 4.45. The Morgan fingerprint density at radius 2 is 2.00 bits per heavy atom. The van der Waals surface area contributed by atoms with Crippen molar-refractivity contribution in [2.45, 2.75) is 34.0 Å². The molecule has 0 radical (unpaired) electrons. The third-order valence-electron chi connectivity index (χ3n) is 4.45. The number of nitro groups is 1. The zero-order valence-electron chi connectivity index (χ0n) is 15.5. The van der Waals surface area contributed by atoms with Crippen molar-refractivity contribution in [1.82, 2.24) is 34.7 Å². The van der Waals surface area contributed by atoms with Gasteiger partial charge in [-0.05, 0) is 26.8 Å². The lowest BCUT2D eigenvalue weighted by Gasteiger charge is -2.04. The predicted octanol–water partition coefficient (Wildman–Crippen LogP) is 1.08. The highest BCUT2D eigenvalue weighted by molar-refractivity contribution is 5.92. The van der Waals surface area contributed by atoms with Crippen LogP contribution in [0.25, 0.3) is 0 Å². The molecule has 0 fully saturated rings. The largest absolute Gasteiger partial charge is 0.346 e. The van der Waals surface area contributed by atoms with E-state index in [1.807, 2.05) is 14.0 Å². The van der Waals surface area contributed by atoms with Gasteiger partial charge in [0.15, 0.2) is 0 Å². The lowest BCUT2D eigenvalue weighted by molar-refractivity contribution is -0.386. The molecule has 0 aliphatic rings. The molecule has 0 saturated carbocycles. The van der Waals surface area contributed by atoms with E-state index in [4.69, 9.17) is 0 Å². The fraction of sp³-hybridized carbons (Fsp3) is 0.375. The molecule has 27 heavy (non-hydrogen) atoms. The summed E-state index contributed by atoms with van der Waals surface area (Å²) in [5.41, 5.74) is 2.94. The number of carbonyl (C=O) groups is 1. The molecular weight excluding hydrogens is 352 g/mol. The molecule has 1 amide bonds. The van der Waals surface area contributed by atoms with Crippen LogP contribution in [0.5, 0.6) is 0 Å². The van der Waals surface area contributed by atoms with Gasteiger partial charge in [0.1, 0.15) is 23.8 Å². The van der Waals surface area contributed by atoms with E-state index in [2.05, 4.69) is 20.6 Å². The molecule has 0 aliphatic heterocycles. The maximum Gasteiger partial charge on any atom is 0.312 e. The Balaban J connectivity index is 1.68. The Hall–Kier alpha value is -3.50. The summed E-state index contributed by atoms with van der Waals surface area (Å²) in [4.78, 5) is 22.9. The second-order valence-electron chi connectivity index (χ2n) is 6.22. The molecule has 0 saturated heterocycles. The van der Waals surface area contributed by atoms with Crippen molar-refractivity contribution in [3.05, 3.63) is 56.9 Å². The van der Waals surface area contributed by atoms with Crippen LogP contribution in [-0.2, 0) is 20.3 Å². The van der Waals surface area contributed by atoms with Crippen molar-refractivity contribution >= 4 is 11.6 Å². The summed E-state index contributed by atoms with van der Waals surface area (Å²) in [5.74, 6) is -0.309. The van der Waals surface area contributed by atoms with Crippen LogP contribution in [0.15, 0.2) is 18.5 Å². The first-order valence-corrected chi connectivity index (χ1v) is 8.25.